The Bertz CT molecular complexity index is 544. The summed E-state index contributed by atoms with van der Waals surface area (Å²) in [4.78, 5) is 13.8. The number of hydrogen-bond acceptors (Lipinski definition) is 4. The molecule has 2 aliphatic rings. The van der Waals surface area contributed by atoms with Gasteiger partial charge >= 0.3 is 0 Å². The minimum atomic E-state index is -0.507. The summed E-state index contributed by atoms with van der Waals surface area (Å²) in [5, 5.41) is 3.46. The highest BCUT2D eigenvalue weighted by atomic mass is 16.7. The van der Waals surface area contributed by atoms with Crippen LogP contribution in [0.1, 0.15) is 31.9 Å². The molecule has 2 atom stereocenters. The molecule has 2 unspecified atom stereocenters. The molecule has 3 rings (SSSR count). The summed E-state index contributed by atoms with van der Waals surface area (Å²) in [5.74, 6) is -0.373. The van der Waals surface area contributed by atoms with Crippen LogP contribution in [0.25, 0.3) is 0 Å². The molecule has 0 aromatic heterocycles. The van der Waals surface area contributed by atoms with Crippen molar-refractivity contribution >= 4 is 11.6 Å². The van der Waals surface area contributed by atoms with Gasteiger partial charge in [-0.15, -0.1) is 0 Å². The van der Waals surface area contributed by atoms with Crippen LogP contribution >= 0.6 is 0 Å². The van der Waals surface area contributed by atoms with Gasteiger partial charge in [-0.3, -0.25) is 4.79 Å². The number of fused-ring (bicyclic) bond motifs is 1. The van der Waals surface area contributed by atoms with Crippen LogP contribution in [0.15, 0.2) is 24.3 Å². The van der Waals surface area contributed by atoms with Gasteiger partial charge in [0.2, 0.25) is 5.91 Å². The van der Waals surface area contributed by atoms with E-state index in [2.05, 4.69) is 11.4 Å². The lowest BCUT2D eigenvalue weighted by Crippen LogP contribution is -2.40. The van der Waals surface area contributed by atoms with E-state index in [-0.39, 0.29) is 18.1 Å². The zero-order valence-electron chi connectivity index (χ0n) is 12.8. The zero-order valence-corrected chi connectivity index (χ0v) is 12.8. The summed E-state index contributed by atoms with van der Waals surface area (Å²) < 4.78 is 11.4. The Morgan fingerprint density at radius 2 is 2.14 bits per heavy atom. The van der Waals surface area contributed by atoms with E-state index in [0.29, 0.717) is 19.6 Å². The van der Waals surface area contributed by atoms with Crippen LogP contribution in [0.5, 0.6) is 0 Å². The van der Waals surface area contributed by atoms with E-state index in [1.165, 1.54) is 0 Å². The van der Waals surface area contributed by atoms with Gasteiger partial charge in [0.15, 0.2) is 5.79 Å². The predicted octanol–water partition coefficient (Wildman–Crippen LogP) is 1.84. The summed E-state index contributed by atoms with van der Waals surface area (Å²) in [6, 6.07) is 8.07. The molecule has 1 aromatic rings. The van der Waals surface area contributed by atoms with Crippen molar-refractivity contribution in [1.29, 1.82) is 0 Å². The first-order chi connectivity index (χ1) is 9.96. The number of nitrogens with zero attached hydrogens (tertiary/aromatic N) is 1. The first-order valence-electron chi connectivity index (χ1n) is 7.37. The fraction of sp³-hybridized carbons (Fsp3) is 0.562. The molecule has 2 heterocycles. The van der Waals surface area contributed by atoms with Crippen molar-refractivity contribution in [3.05, 3.63) is 29.8 Å². The molecule has 0 radical (unpaired) electrons. The second kappa shape index (κ2) is 5.40. The molecule has 21 heavy (non-hydrogen) atoms. The lowest BCUT2D eigenvalue weighted by Gasteiger charge is -2.32. The maximum absolute atomic E-state index is 12.1. The Balaban J connectivity index is 1.69. The normalized spacial score (nSPS) is 27.8. The van der Waals surface area contributed by atoms with E-state index >= 15 is 0 Å². The summed E-state index contributed by atoms with van der Waals surface area (Å²) in [5.41, 5.74) is 2.15. The number of carbonyl (C=O) groups is 1. The number of ether oxygens (including phenoxy) is 2. The van der Waals surface area contributed by atoms with Gasteiger partial charge in [-0.25, -0.2) is 0 Å². The number of para-hydroxylation sites is 1. The van der Waals surface area contributed by atoms with Gasteiger partial charge in [0, 0.05) is 31.7 Å². The molecule has 1 fully saturated rings. The molecule has 5 heteroatoms. The van der Waals surface area contributed by atoms with Crippen LogP contribution in [-0.2, 0) is 14.3 Å². The average molecular weight is 290 g/mol. The highest BCUT2D eigenvalue weighted by Gasteiger charge is 2.34. The number of anilines is 1. The second-order valence-electron chi connectivity index (χ2n) is 6.13. The van der Waals surface area contributed by atoms with Gasteiger partial charge in [0.1, 0.15) is 0 Å². The number of nitrogens with one attached hydrogen (secondary N) is 1. The second-order valence-corrected chi connectivity index (χ2v) is 6.13. The lowest BCUT2D eigenvalue weighted by atomic mass is 9.96. The maximum Gasteiger partial charge on any atom is 0.228 e. The summed E-state index contributed by atoms with van der Waals surface area (Å²) in [6.45, 7) is 5.10. The Morgan fingerprint density at radius 3 is 2.86 bits per heavy atom. The fourth-order valence-electron chi connectivity index (χ4n) is 2.96. The van der Waals surface area contributed by atoms with Crippen LogP contribution in [0.2, 0.25) is 0 Å². The molecule has 1 aromatic carbocycles. The van der Waals surface area contributed by atoms with Crippen molar-refractivity contribution in [3.63, 3.8) is 0 Å². The zero-order chi connectivity index (χ0) is 15.0. The molecule has 114 valence electrons. The number of hydrogen-bond donors (Lipinski definition) is 1. The molecule has 1 N–H and O–H groups in total. The minimum Gasteiger partial charge on any atom is -0.348 e. The molecule has 1 saturated heterocycles. The van der Waals surface area contributed by atoms with Gasteiger partial charge in [-0.1, -0.05) is 18.2 Å². The first kappa shape index (κ1) is 14.5. The topological polar surface area (TPSA) is 50.8 Å². The standard InChI is InChI=1S/C16H22N2O3/c1-16(2)20-10-11(21-16)9-17-13-8-15(19)18(3)14-7-5-4-6-12(13)14/h4-7,11,13,17H,8-10H2,1-3H3. The average Bonchev–Trinajstić information content (AvgIpc) is 2.81. The largest absolute Gasteiger partial charge is 0.348 e. The van der Waals surface area contributed by atoms with Gasteiger partial charge in [0.05, 0.1) is 12.7 Å². The van der Waals surface area contributed by atoms with E-state index in [0.717, 1.165) is 11.3 Å². The van der Waals surface area contributed by atoms with E-state index in [4.69, 9.17) is 9.47 Å². The van der Waals surface area contributed by atoms with Crippen molar-refractivity contribution in [3.8, 4) is 0 Å². The van der Waals surface area contributed by atoms with Crippen LogP contribution in [0.3, 0.4) is 0 Å². The van der Waals surface area contributed by atoms with Crippen molar-refractivity contribution < 1.29 is 14.3 Å². The highest BCUT2D eigenvalue weighted by Crippen LogP contribution is 2.33. The first-order valence-corrected chi connectivity index (χ1v) is 7.37. The molecule has 0 bridgehead atoms. The lowest BCUT2D eigenvalue weighted by molar-refractivity contribution is -0.138. The molecule has 0 saturated carbocycles. The third-order valence-electron chi connectivity index (χ3n) is 4.09. The molecular weight excluding hydrogens is 268 g/mol. The molecule has 0 aliphatic carbocycles. The smallest absolute Gasteiger partial charge is 0.228 e. The molecular formula is C16H22N2O3. The molecule has 5 nitrogen and oxygen atoms in total. The van der Waals surface area contributed by atoms with Gasteiger partial charge in [-0.2, -0.15) is 0 Å². The summed E-state index contributed by atoms with van der Waals surface area (Å²) >= 11 is 0. The fourth-order valence-corrected chi connectivity index (χ4v) is 2.96. The van der Waals surface area contributed by atoms with Crippen LogP contribution in [-0.4, -0.2) is 38.0 Å². The summed E-state index contributed by atoms with van der Waals surface area (Å²) in [7, 11) is 1.83. The Labute approximate surface area is 125 Å². The predicted molar refractivity (Wildman–Crippen MR) is 80.1 cm³/mol. The minimum absolute atomic E-state index is 0.0296. The Morgan fingerprint density at radius 1 is 1.38 bits per heavy atom. The van der Waals surface area contributed by atoms with Gasteiger partial charge in [-0.05, 0) is 25.5 Å². The highest BCUT2D eigenvalue weighted by molar-refractivity contribution is 5.96. The van der Waals surface area contributed by atoms with Gasteiger partial charge in [0.25, 0.3) is 0 Å². The molecule has 1 amide bonds. The van der Waals surface area contributed by atoms with Gasteiger partial charge < -0.3 is 19.7 Å². The van der Waals surface area contributed by atoms with Crippen molar-refractivity contribution in [2.24, 2.45) is 0 Å². The number of benzene rings is 1. The Hall–Kier alpha value is -1.43. The number of rotatable bonds is 3. The van der Waals surface area contributed by atoms with E-state index < -0.39 is 5.79 Å². The molecule has 0 spiro atoms. The van der Waals surface area contributed by atoms with Crippen LogP contribution in [0, 0.1) is 0 Å². The quantitative estimate of drug-likeness (QED) is 0.923. The van der Waals surface area contributed by atoms with Crippen molar-refractivity contribution in [2.75, 3.05) is 25.1 Å². The maximum atomic E-state index is 12.1. The van der Waals surface area contributed by atoms with E-state index in [1.54, 1.807) is 4.90 Å². The SMILES string of the molecule is CN1C(=O)CC(NCC2COC(C)(C)O2)c2ccccc21. The Kier molecular flexibility index (Phi) is 3.73. The van der Waals surface area contributed by atoms with E-state index in [9.17, 15) is 4.79 Å². The van der Waals surface area contributed by atoms with Crippen molar-refractivity contribution in [1.82, 2.24) is 5.32 Å². The van der Waals surface area contributed by atoms with Crippen LogP contribution in [0.4, 0.5) is 5.69 Å². The third kappa shape index (κ3) is 2.95. The van der Waals surface area contributed by atoms with Crippen molar-refractivity contribution in [2.45, 2.75) is 38.2 Å². The number of carbonyl (C=O) groups excluding carboxylic acids is 1. The number of amides is 1. The van der Waals surface area contributed by atoms with Crippen LogP contribution < -0.4 is 10.2 Å². The monoisotopic (exact) mass is 290 g/mol. The van der Waals surface area contributed by atoms with E-state index in [1.807, 2.05) is 39.1 Å². The third-order valence-corrected chi connectivity index (χ3v) is 4.09. The molecule has 2 aliphatic heterocycles. The summed E-state index contributed by atoms with van der Waals surface area (Å²) in [6.07, 6.45) is 0.506.